The van der Waals surface area contributed by atoms with E-state index < -0.39 is 29.5 Å². The molecule has 0 bridgehead atoms. The highest BCUT2D eigenvalue weighted by atomic mass is 19.4. The van der Waals surface area contributed by atoms with Gasteiger partial charge in [-0.2, -0.15) is 31.3 Å². The third-order valence-corrected chi connectivity index (χ3v) is 2.56. The largest absolute Gasteiger partial charge is 0.480 e. The third-order valence-electron chi connectivity index (χ3n) is 2.56. The number of rotatable bonds is 2. The van der Waals surface area contributed by atoms with Gasteiger partial charge in [0.25, 0.3) is 0 Å². The number of ether oxygens (including phenoxy) is 1. The molecule has 4 nitrogen and oxygen atoms in total. The van der Waals surface area contributed by atoms with Gasteiger partial charge in [-0.05, 0) is 12.1 Å². The first-order valence-corrected chi connectivity index (χ1v) is 5.65. The molecule has 22 heavy (non-hydrogen) atoms. The highest BCUT2D eigenvalue weighted by Crippen LogP contribution is 2.35. The van der Waals surface area contributed by atoms with Crippen LogP contribution in [0.4, 0.5) is 26.3 Å². The minimum atomic E-state index is -4.71. The lowest BCUT2D eigenvalue weighted by Gasteiger charge is -2.11. The van der Waals surface area contributed by atoms with E-state index in [4.69, 9.17) is 0 Å². The number of aromatic nitrogens is 3. The molecular weight excluding hydrogens is 316 g/mol. The Morgan fingerprint density at radius 1 is 0.909 bits per heavy atom. The third kappa shape index (κ3) is 3.26. The van der Waals surface area contributed by atoms with E-state index >= 15 is 0 Å². The summed E-state index contributed by atoms with van der Waals surface area (Å²) in [6.45, 7) is 0. The number of pyridine rings is 1. The lowest BCUT2D eigenvalue weighted by molar-refractivity contribution is -0.141. The zero-order valence-corrected chi connectivity index (χ0v) is 10.8. The van der Waals surface area contributed by atoms with Crippen molar-refractivity contribution in [3.8, 4) is 17.3 Å². The Labute approximate surface area is 119 Å². The van der Waals surface area contributed by atoms with Gasteiger partial charge in [0, 0.05) is 18.0 Å². The second-order valence-electron chi connectivity index (χ2n) is 4.04. The van der Waals surface area contributed by atoms with Gasteiger partial charge in [-0.15, -0.1) is 0 Å². The van der Waals surface area contributed by atoms with E-state index in [1.807, 2.05) is 0 Å². The number of halogens is 6. The lowest BCUT2D eigenvalue weighted by atomic mass is 10.2. The van der Waals surface area contributed by atoms with Crippen molar-refractivity contribution in [3.05, 3.63) is 35.8 Å². The molecule has 0 fully saturated rings. The molecule has 0 aliphatic carbocycles. The molecule has 0 atom stereocenters. The molecule has 0 unspecified atom stereocenters. The summed E-state index contributed by atoms with van der Waals surface area (Å²) < 4.78 is 79.7. The highest BCUT2D eigenvalue weighted by Gasteiger charge is 2.36. The first kappa shape index (κ1) is 16.0. The summed E-state index contributed by atoms with van der Waals surface area (Å²) in [7, 11) is 0.992. The molecule has 2 rings (SSSR count). The Kier molecular flexibility index (Phi) is 3.94. The average molecular weight is 323 g/mol. The molecule has 2 aromatic rings. The zero-order valence-electron chi connectivity index (χ0n) is 10.8. The van der Waals surface area contributed by atoms with Crippen molar-refractivity contribution >= 4 is 0 Å². The van der Waals surface area contributed by atoms with Gasteiger partial charge in [0.1, 0.15) is 11.3 Å². The first-order valence-electron chi connectivity index (χ1n) is 5.65. The maximum absolute atomic E-state index is 12.7. The Balaban J connectivity index is 2.42. The van der Waals surface area contributed by atoms with Crippen LogP contribution in [0.15, 0.2) is 24.5 Å². The smallest absolute Gasteiger partial charge is 0.433 e. The van der Waals surface area contributed by atoms with Crippen LogP contribution in [0.2, 0.25) is 0 Å². The Morgan fingerprint density at radius 2 is 1.59 bits per heavy atom. The molecule has 0 spiro atoms. The molecule has 2 heterocycles. The molecule has 0 amide bonds. The SMILES string of the molecule is COc1nc(-c2ccc(C(F)(F)F)nc2)ncc1C(F)(F)F. The van der Waals surface area contributed by atoms with Gasteiger partial charge in [0.05, 0.1) is 7.11 Å². The molecule has 0 saturated carbocycles. The number of nitrogens with zero attached hydrogens (tertiary/aromatic N) is 3. The van der Waals surface area contributed by atoms with Crippen LogP contribution in [-0.4, -0.2) is 22.1 Å². The number of alkyl halides is 6. The number of hydrogen-bond acceptors (Lipinski definition) is 4. The van der Waals surface area contributed by atoms with Crippen LogP contribution in [0.25, 0.3) is 11.4 Å². The summed E-state index contributed by atoms with van der Waals surface area (Å²) in [5.74, 6) is -0.955. The topological polar surface area (TPSA) is 47.9 Å². The molecule has 0 aromatic carbocycles. The standard InChI is InChI=1S/C12H7F6N3O/c1-22-10-7(11(13,14)15)5-20-9(21-10)6-2-3-8(19-4-6)12(16,17)18/h2-5H,1H3. The van der Waals surface area contributed by atoms with Crippen LogP contribution in [0.1, 0.15) is 11.3 Å². The summed E-state index contributed by atoms with van der Waals surface area (Å²) in [5.41, 5.74) is -2.28. The van der Waals surface area contributed by atoms with E-state index in [1.54, 1.807) is 0 Å². The van der Waals surface area contributed by atoms with Crippen LogP contribution in [-0.2, 0) is 12.4 Å². The second kappa shape index (κ2) is 5.43. The van der Waals surface area contributed by atoms with Crippen molar-refractivity contribution < 1.29 is 31.1 Å². The molecule has 0 aliphatic rings. The average Bonchev–Trinajstić information content (AvgIpc) is 2.45. The van der Waals surface area contributed by atoms with Crippen LogP contribution in [0.5, 0.6) is 5.88 Å². The molecule has 0 aliphatic heterocycles. The van der Waals surface area contributed by atoms with Gasteiger partial charge in [0.2, 0.25) is 5.88 Å². The van der Waals surface area contributed by atoms with Crippen molar-refractivity contribution in [2.45, 2.75) is 12.4 Å². The summed E-state index contributed by atoms with van der Waals surface area (Å²) >= 11 is 0. The first-order chi connectivity index (χ1) is 10.1. The summed E-state index contributed by atoms with van der Waals surface area (Å²) in [5, 5.41) is 0. The Morgan fingerprint density at radius 3 is 2.05 bits per heavy atom. The van der Waals surface area contributed by atoms with Crippen molar-refractivity contribution in [1.29, 1.82) is 0 Å². The Bertz CT molecular complexity index is 666. The van der Waals surface area contributed by atoms with Gasteiger partial charge >= 0.3 is 12.4 Å². The van der Waals surface area contributed by atoms with E-state index in [-0.39, 0.29) is 11.4 Å². The van der Waals surface area contributed by atoms with Crippen LogP contribution >= 0.6 is 0 Å². The summed E-state index contributed by atoms with van der Waals surface area (Å²) in [6.07, 6.45) is -8.00. The lowest BCUT2D eigenvalue weighted by Crippen LogP contribution is -2.10. The van der Waals surface area contributed by atoms with Crippen molar-refractivity contribution in [2.24, 2.45) is 0 Å². The Hall–Kier alpha value is -2.39. The zero-order chi connectivity index (χ0) is 16.5. The quantitative estimate of drug-likeness (QED) is 0.793. The summed E-state index contributed by atoms with van der Waals surface area (Å²) in [4.78, 5) is 10.2. The summed E-state index contributed by atoms with van der Waals surface area (Å²) in [6, 6.07) is 1.70. The molecule has 2 aromatic heterocycles. The van der Waals surface area contributed by atoms with Gasteiger partial charge in [-0.25, -0.2) is 4.98 Å². The number of methoxy groups -OCH3 is 1. The number of hydrogen-bond donors (Lipinski definition) is 0. The molecule has 0 N–H and O–H groups in total. The molecular formula is C12H7F6N3O. The molecule has 0 radical (unpaired) electrons. The minimum absolute atomic E-state index is 0.0278. The monoisotopic (exact) mass is 323 g/mol. The molecule has 118 valence electrons. The maximum Gasteiger partial charge on any atom is 0.433 e. The molecule has 10 heteroatoms. The fourth-order valence-electron chi connectivity index (χ4n) is 1.55. The van der Waals surface area contributed by atoms with Crippen LogP contribution < -0.4 is 4.74 Å². The fraction of sp³-hybridized carbons (Fsp3) is 0.250. The van der Waals surface area contributed by atoms with Gasteiger partial charge < -0.3 is 4.74 Å². The van der Waals surface area contributed by atoms with Crippen LogP contribution in [0.3, 0.4) is 0 Å². The highest BCUT2D eigenvalue weighted by molar-refractivity contribution is 5.54. The second-order valence-corrected chi connectivity index (χ2v) is 4.04. The van der Waals surface area contributed by atoms with Gasteiger partial charge in [-0.3, -0.25) is 4.98 Å². The minimum Gasteiger partial charge on any atom is -0.480 e. The van der Waals surface area contributed by atoms with Crippen molar-refractivity contribution in [3.63, 3.8) is 0 Å². The van der Waals surface area contributed by atoms with E-state index in [0.717, 1.165) is 19.4 Å². The van der Waals surface area contributed by atoms with Gasteiger partial charge in [0.15, 0.2) is 5.82 Å². The van der Waals surface area contributed by atoms with E-state index in [9.17, 15) is 26.3 Å². The van der Waals surface area contributed by atoms with E-state index in [1.165, 1.54) is 0 Å². The van der Waals surface area contributed by atoms with Gasteiger partial charge in [-0.1, -0.05) is 0 Å². The normalized spacial score (nSPS) is 12.3. The van der Waals surface area contributed by atoms with E-state index in [2.05, 4.69) is 19.7 Å². The van der Waals surface area contributed by atoms with E-state index in [0.29, 0.717) is 12.3 Å². The predicted octanol–water partition coefficient (Wildman–Crippen LogP) is 3.58. The van der Waals surface area contributed by atoms with Crippen LogP contribution in [0, 0.1) is 0 Å². The molecule has 0 saturated heterocycles. The fourth-order valence-corrected chi connectivity index (χ4v) is 1.55. The van der Waals surface area contributed by atoms with Crippen molar-refractivity contribution in [2.75, 3.05) is 7.11 Å². The maximum atomic E-state index is 12.7. The predicted molar refractivity (Wildman–Crippen MR) is 61.8 cm³/mol. The van der Waals surface area contributed by atoms with Crippen molar-refractivity contribution in [1.82, 2.24) is 15.0 Å².